The highest BCUT2D eigenvalue weighted by Gasteiger charge is 2.10. The lowest BCUT2D eigenvalue weighted by Gasteiger charge is -2.09. The summed E-state index contributed by atoms with van der Waals surface area (Å²) in [6.07, 6.45) is 0.371. The van der Waals surface area contributed by atoms with Crippen molar-refractivity contribution in [1.29, 1.82) is 0 Å². The second-order valence-electron chi connectivity index (χ2n) is 3.53. The van der Waals surface area contributed by atoms with E-state index in [-0.39, 0.29) is 11.6 Å². The Bertz CT molecular complexity index is 519. The summed E-state index contributed by atoms with van der Waals surface area (Å²) >= 11 is 5.44. The maximum atomic E-state index is 11.6. The number of carbonyl (C=O) groups excluding carboxylic acids is 1. The summed E-state index contributed by atoms with van der Waals surface area (Å²) < 4.78 is 25.6. The number of sulfonamides is 1. The largest absolute Gasteiger partial charge is 0.351 e. The highest BCUT2D eigenvalue weighted by atomic mass is 35.5. The first-order chi connectivity index (χ1) is 8.43. The third kappa shape index (κ3) is 5.24. The minimum Gasteiger partial charge on any atom is -0.351 e. The van der Waals surface area contributed by atoms with Crippen LogP contribution in [0.5, 0.6) is 0 Å². The van der Waals surface area contributed by atoms with Gasteiger partial charge in [-0.25, -0.2) is 13.2 Å². The molecule has 6 nitrogen and oxygen atoms in total. The van der Waals surface area contributed by atoms with Crippen molar-refractivity contribution >= 4 is 39.0 Å². The lowest BCUT2D eigenvalue weighted by atomic mass is 10.3. The molecule has 0 saturated carbocycles. The topological polar surface area (TPSA) is 101 Å². The van der Waals surface area contributed by atoms with Crippen molar-refractivity contribution in [2.45, 2.75) is 6.42 Å². The number of nitrogens with one attached hydrogen (secondary N) is 2. The van der Waals surface area contributed by atoms with Crippen molar-refractivity contribution in [2.75, 3.05) is 21.7 Å². The van der Waals surface area contributed by atoms with Gasteiger partial charge in [0.05, 0.1) is 11.4 Å². The van der Waals surface area contributed by atoms with Crippen molar-refractivity contribution in [3.05, 3.63) is 24.3 Å². The SMILES string of the molecule is NC(=O)Nc1cccc(NS(=O)(=O)CCCCl)c1. The minimum absolute atomic E-state index is 0.0516. The van der Waals surface area contributed by atoms with Crippen molar-refractivity contribution in [3.63, 3.8) is 0 Å². The highest BCUT2D eigenvalue weighted by molar-refractivity contribution is 7.92. The molecule has 18 heavy (non-hydrogen) atoms. The van der Waals surface area contributed by atoms with E-state index in [2.05, 4.69) is 10.0 Å². The van der Waals surface area contributed by atoms with Crippen LogP contribution >= 0.6 is 11.6 Å². The molecule has 0 aliphatic heterocycles. The van der Waals surface area contributed by atoms with Crippen LogP contribution in [0.1, 0.15) is 6.42 Å². The molecule has 0 bridgehead atoms. The molecule has 8 heteroatoms. The predicted octanol–water partition coefficient (Wildman–Crippen LogP) is 1.55. The summed E-state index contributed by atoms with van der Waals surface area (Å²) in [5.41, 5.74) is 5.74. The number of alkyl halides is 1. The molecule has 1 aromatic rings. The number of carbonyl (C=O) groups is 1. The highest BCUT2D eigenvalue weighted by Crippen LogP contribution is 2.16. The lowest BCUT2D eigenvalue weighted by Crippen LogP contribution is -2.20. The summed E-state index contributed by atoms with van der Waals surface area (Å²) in [7, 11) is -3.42. The standard InChI is InChI=1S/C10H14ClN3O3S/c11-5-2-6-18(16,17)14-9-4-1-3-8(7-9)13-10(12)15/h1,3-4,7,14H,2,5-6H2,(H3,12,13,15). The molecule has 2 amide bonds. The van der Waals surface area contributed by atoms with Gasteiger partial charge in [0.25, 0.3) is 0 Å². The number of hydrogen-bond acceptors (Lipinski definition) is 3. The van der Waals surface area contributed by atoms with Crippen LogP contribution in [0.3, 0.4) is 0 Å². The summed E-state index contributed by atoms with van der Waals surface area (Å²) in [4.78, 5) is 10.7. The molecule has 1 aromatic carbocycles. The van der Waals surface area contributed by atoms with E-state index in [1.165, 1.54) is 6.07 Å². The van der Waals surface area contributed by atoms with E-state index in [9.17, 15) is 13.2 Å². The van der Waals surface area contributed by atoms with Crippen LogP contribution in [-0.2, 0) is 10.0 Å². The summed E-state index contributed by atoms with van der Waals surface area (Å²) in [5.74, 6) is 0.230. The number of amides is 2. The monoisotopic (exact) mass is 291 g/mol. The average molecular weight is 292 g/mol. The van der Waals surface area contributed by atoms with Gasteiger partial charge in [0.2, 0.25) is 10.0 Å². The second kappa shape index (κ2) is 6.46. The molecule has 0 aliphatic carbocycles. The lowest BCUT2D eigenvalue weighted by molar-refractivity contribution is 0.259. The van der Waals surface area contributed by atoms with E-state index in [1.807, 2.05) is 0 Å². The fraction of sp³-hybridized carbons (Fsp3) is 0.300. The summed E-state index contributed by atoms with van der Waals surface area (Å²) in [6.45, 7) is 0. The molecule has 0 aromatic heterocycles. The Kier molecular flexibility index (Phi) is 5.24. The van der Waals surface area contributed by atoms with Gasteiger partial charge in [0, 0.05) is 11.6 Å². The Balaban J connectivity index is 2.75. The summed E-state index contributed by atoms with van der Waals surface area (Å²) in [5, 5.41) is 2.36. The van der Waals surface area contributed by atoms with E-state index in [0.717, 1.165) is 0 Å². The number of rotatable bonds is 6. The maximum Gasteiger partial charge on any atom is 0.316 e. The van der Waals surface area contributed by atoms with Crippen LogP contribution in [0.25, 0.3) is 0 Å². The van der Waals surface area contributed by atoms with Gasteiger partial charge in [-0.3, -0.25) is 4.72 Å². The van der Waals surface area contributed by atoms with E-state index in [0.29, 0.717) is 17.8 Å². The van der Waals surface area contributed by atoms with E-state index in [1.54, 1.807) is 18.2 Å². The van der Waals surface area contributed by atoms with Gasteiger partial charge in [0.15, 0.2) is 0 Å². The third-order valence-electron chi connectivity index (χ3n) is 1.95. The van der Waals surface area contributed by atoms with Gasteiger partial charge in [-0.2, -0.15) is 0 Å². The molecule has 0 spiro atoms. The Morgan fingerprint density at radius 2 is 2.00 bits per heavy atom. The zero-order chi connectivity index (χ0) is 13.6. The Morgan fingerprint density at radius 3 is 2.61 bits per heavy atom. The number of benzene rings is 1. The number of urea groups is 1. The molecule has 0 heterocycles. The quantitative estimate of drug-likeness (QED) is 0.693. The predicted molar refractivity (Wildman–Crippen MR) is 72.4 cm³/mol. The van der Waals surface area contributed by atoms with E-state index in [4.69, 9.17) is 17.3 Å². The number of halogens is 1. The summed E-state index contributed by atoms with van der Waals surface area (Å²) in [6, 6.07) is 5.54. The van der Waals surface area contributed by atoms with E-state index < -0.39 is 16.1 Å². The van der Waals surface area contributed by atoms with Crippen LogP contribution in [0.4, 0.5) is 16.2 Å². The molecule has 0 atom stereocenters. The first-order valence-electron chi connectivity index (χ1n) is 5.16. The van der Waals surface area contributed by atoms with Crippen molar-refractivity contribution < 1.29 is 13.2 Å². The van der Waals surface area contributed by atoms with Crippen LogP contribution in [0.15, 0.2) is 24.3 Å². The number of nitrogens with two attached hydrogens (primary N) is 1. The molecule has 0 fully saturated rings. The van der Waals surface area contributed by atoms with E-state index >= 15 is 0 Å². The molecule has 100 valence electrons. The normalized spacial score (nSPS) is 10.9. The molecule has 1 rings (SSSR count). The smallest absolute Gasteiger partial charge is 0.316 e. The number of anilines is 2. The fourth-order valence-electron chi connectivity index (χ4n) is 1.28. The zero-order valence-corrected chi connectivity index (χ0v) is 11.1. The van der Waals surface area contributed by atoms with Gasteiger partial charge in [-0.15, -0.1) is 11.6 Å². The van der Waals surface area contributed by atoms with Gasteiger partial charge in [0.1, 0.15) is 0 Å². The Labute approximate surface area is 111 Å². The molecule has 0 saturated heterocycles. The molecule has 0 radical (unpaired) electrons. The second-order valence-corrected chi connectivity index (χ2v) is 5.75. The van der Waals surface area contributed by atoms with Gasteiger partial charge >= 0.3 is 6.03 Å². The molecular weight excluding hydrogens is 278 g/mol. The van der Waals surface area contributed by atoms with Crippen molar-refractivity contribution in [1.82, 2.24) is 0 Å². The Hall–Kier alpha value is -1.47. The van der Waals surface area contributed by atoms with Gasteiger partial charge in [-0.1, -0.05) is 6.07 Å². The van der Waals surface area contributed by atoms with Crippen LogP contribution in [0.2, 0.25) is 0 Å². The number of primary amides is 1. The molecule has 0 unspecified atom stereocenters. The molecule has 0 aliphatic rings. The van der Waals surface area contributed by atoms with Crippen molar-refractivity contribution in [3.8, 4) is 0 Å². The fourth-order valence-corrected chi connectivity index (χ4v) is 2.68. The maximum absolute atomic E-state index is 11.6. The molecule has 4 N–H and O–H groups in total. The Morgan fingerprint density at radius 1 is 1.33 bits per heavy atom. The van der Waals surface area contributed by atoms with Crippen LogP contribution < -0.4 is 15.8 Å². The van der Waals surface area contributed by atoms with Crippen LogP contribution in [0, 0.1) is 0 Å². The average Bonchev–Trinajstić information content (AvgIpc) is 2.25. The van der Waals surface area contributed by atoms with Gasteiger partial charge < -0.3 is 11.1 Å². The zero-order valence-electron chi connectivity index (χ0n) is 9.52. The minimum atomic E-state index is -3.42. The van der Waals surface area contributed by atoms with Crippen molar-refractivity contribution in [2.24, 2.45) is 5.73 Å². The number of hydrogen-bond donors (Lipinski definition) is 3. The third-order valence-corrected chi connectivity index (χ3v) is 3.59. The van der Waals surface area contributed by atoms with Gasteiger partial charge in [-0.05, 0) is 24.6 Å². The molecular formula is C10H14ClN3O3S. The first kappa shape index (κ1) is 14.6. The van der Waals surface area contributed by atoms with Crippen LogP contribution in [-0.4, -0.2) is 26.1 Å². The first-order valence-corrected chi connectivity index (χ1v) is 7.34.